The van der Waals surface area contributed by atoms with Gasteiger partial charge < -0.3 is 4.74 Å². The van der Waals surface area contributed by atoms with E-state index in [9.17, 15) is 13.2 Å². The molecule has 0 aliphatic carbocycles. The third kappa shape index (κ3) is 5.58. The van der Waals surface area contributed by atoms with E-state index in [4.69, 9.17) is 4.74 Å². The van der Waals surface area contributed by atoms with Gasteiger partial charge in [0.15, 0.2) is 4.34 Å². The summed E-state index contributed by atoms with van der Waals surface area (Å²) in [6, 6.07) is 6.50. The largest absolute Gasteiger partial charge is 0.494 e. The highest BCUT2D eigenvalue weighted by molar-refractivity contribution is 8.00. The quantitative estimate of drug-likeness (QED) is 0.533. The summed E-state index contributed by atoms with van der Waals surface area (Å²) in [5.74, 6) is 0.130. The second kappa shape index (κ2) is 8.50. The van der Waals surface area contributed by atoms with Crippen LogP contribution in [-0.4, -0.2) is 50.2 Å². The number of amides is 1. The van der Waals surface area contributed by atoms with Crippen LogP contribution >= 0.6 is 23.1 Å². The van der Waals surface area contributed by atoms with Gasteiger partial charge in [0.2, 0.25) is 21.1 Å². The van der Waals surface area contributed by atoms with Crippen LogP contribution in [0.15, 0.2) is 28.6 Å². The number of thioether (sulfide) groups is 1. The molecule has 0 fully saturated rings. The van der Waals surface area contributed by atoms with Crippen LogP contribution in [0.3, 0.4) is 0 Å². The molecule has 2 rings (SSSR count). The molecule has 0 radical (unpaired) electrons. The highest BCUT2D eigenvalue weighted by Crippen LogP contribution is 2.24. The van der Waals surface area contributed by atoms with Gasteiger partial charge >= 0.3 is 0 Å². The Labute approximate surface area is 154 Å². The summed E-state index contributed by atoms with van der Waals surface area (Å²) in [6.07, 6.45) is 2.90. The maximum Gasteiger partial charge on any atom is 0.246 e. The van der Waals surface area contributed by atoms with Crippen LogP contribution in [0.5, 0.6) is 5.75 Å². The molecule has 0 saturated carbocycles. The molecule has 0 aliphatic heterocycles. The molecule has 1 amide bonds. The molecule has 0 atom stereocenters. The smallest absolute Gasteiger partial charge is 0.246 e. The normalized spacial score (nSPS) is 11.2. The number of benzene rings is 1. The van der Waals surface area contributed by atoms with Crippen LogP contribution in [0.1, 0.15) is 6.92 Å². The van der Waals surface area contributed by atoms with E-state index in [2.05, 4.69) is 15.5 Å². The fraction of sp³-hybridized carbons (Fsp3) is 0.357. The van der Waals surface area contributed by atoms with Gasteiger partial charge in [-0.15, -0.1) is 10.2 Å². The zero-order valence-corrected chi connectivity index (χ0v) is 16.4. The second-order valence-electron chi connectivity index (χ2n) is 4.82. The molecular weight excluding hydrogens is 384 g/mol. The number of nitrogens with zero attached hydrogens (tertiary/aromatic N) is 3. The van der Waals surface area contributed by atoms with E-state index >= 15 is 0 Å². The topological polar surface area (TPSA) is 101 Å². The number of carbonyl (C=O) groups excluding carboxylic acids is 1. The van der Waals surface area contributed by atoms with Gasteiger partial charge in [-0.1, -0.05) is 23.1 Å². The first-order valence-corrected chi connectivity index (χ1v) is 11.1. The molecule has 1 aromatic carbocycles. The summed E-state index contributed by atoms with van der Waals surface area (Å²) >= 11 is 2.64. The van der Waals surface area contributed by atoms with Crippen molar-refractivity contribution in [1.29, 1.82) is 0 Å². The summed E-state index contributed by atoms with van der Waals surface area (Å²) < 4.78 is 31.2. The Morgan fingerprint density at radius 3 is 2.52 bits per heavy atom. The average molecular weight is 403 g/mol. The Morgan fingerprint density at radius 1 is 1.32 bits per heavy atom. The number of anilines is 2. The molecule has 2 aromatic rings. The molecule has 0 unspecified atom stereocenters. The zero-order chi connectivity index (χ0) is 18.4. The standard InChI is InChI=1S/C14H18N4O4S3/c1-4-22-11-7-5-10(6-8-11)18(25(3,20)21)9-12(19)15-13-16-17-14(23-2)24-13/h5-8H,4,9H2,1-3H3,(H,15,16,19). The molecule has 0 bridgehead atoms. The molecule has 0 saturated heterocycles. The van der Waals surface area contributed by atoms with Gasteiger partial charge in [-0.2, -0.15) is 0 Å². The minimum Gasteiger partial charge on any atom is -0.494 e. The van der Waals surface area contributed by atoms with Crippen molar-refractivity contribution in [1.82, 2.24) is 10.2 Å². The highest BCUT2D eigenvalue weighted by atomic mass is 32.2. The van der Waals surface area contributed by atoms with E-state index < -0.39 is 15.9 Å². The molecule has 0 aliphatic rings. The first kappa shape index (κ1) is 19.5. The van der Waals surface area contributed by atoms with E-state index in [1.54, 1.807) is 24.3 Å². The molecule has 0 spiro atoms. The average Bonchev–Trinajstić information content (AvgIpc) is 3.00. The number of aromatic nitrogens is 2. The van der Waals surface area contributed by atoms with Crippen molar-refractivity contribution in [3.8, 4) is 5.75 Å². The van der Waals surface area contributed by atoms with E-state index in [-0.39, 0.29) is 6.54 Å². The number of hydrogen-bond acceptors (Lipinski definition) is 8. The molecule has 136 valence electrons. The van der Waals surface area contributed by atoms with Crippen molar-refractivity contribution in [3.63, 3.8) is 0 Å². The summed E-state index contributed by atoms with van der Waals surface area (Å²) in [6.45, 7) is 2.01. The van der Waals surface area contributed by atoms with Crippen molar-refractivity contribution in [2.75, 3.05) is 35.3 Å². The van der Waals surface area contributed by atoms with Crippen LogP contribution in [-0.2, 0) is 14.8 Å². The number of sulfonamides is 1. The number of nitrogens with one attached hydrogen (secondary N) is 1. The maximum atomic E-state index is 12.2. The Hall–Kier alpha value is -1.85. The lowest BCUT2D eigenvalue weighted by Gasteiger charge is -2.21. The SMILES string of the molecule is CCOc1ccc(N(CC(=O)Nc2nnc(SC)s2)S(C)(=O)=O)cc1. The first-order valence-electron chi connectivity index (χ1n) is 7.21. The Kier molecular flexibility index (Phi) is 6.62. The Balaban J connectivity index is 2.13. The second-order valence-corrected chi connectivity index (χ2v) is 8.76. The third-order valence-corrected chi connectivity index (χ3v) is 5.91. The molecule has 1 heterocycles. The van der Waals surface area contributed by atoms with Crippen molar-refractivity contribution in [2.45, 2.75) is 11.3 Å². The van der Waals surface area contributed by atoms with Gasteiger partial charge in [-0.25, -0.2) is 8.42 Å². The monoisotopic (exact) mass is 402 g/mol. The van der Waals surface area contributed by atoms with E-state index in [0.717, 1.165) is 10.6 Å². The van der Waals surface area contributed by atoms with Gasteiger partial charge in [0, 0.05) is 0 Å². The van der Waals surface area contributed by atoms with Crippen LogP contribution < -0.4 is 14.4 Å². The van der Waals surface area contributed by atoms with Gasteiger partial charge in [0.25, 0.3) is 0 Å². The zero-order valence-electron chi connectivity index (χ0n) is 13.9. The number of hydrogen-bond donors (Lipinski definition) is 1. The van der Waals surface area contributed by atoms with Crippen molar-refractivity contribution in [2.24, 2.45) is 0 Å². The third-order valence-electron chi connectivity index (χ3n) is 2.95. The minimum atomic E-state index is -3.63. The summed E-state index contributed by atoms with van der Waals surface area (Å²) in [5.41, 5.74) is 0.378. The number of ether oxygens (including phenoxy) is 1. The molecule has 8 nitrogen and oxygen atoms in total. The summed E-state index contributed by atoms with van der Waals surface area (Å²) in [5, 5.41) is 10.6. The van der Waals surface area contributed by atoms with Crippen LogP contribution in [0.2, 0.25) is 0 Å². The van der Waals surface area contributed by atoms with E-state index in [1.807, 2.05) is 13.2 Å². The number of rotatable bonds is 8. The highest BCUT2D eigenvalue weighted by Gasteiger charge is 2.21. The predicted molar refractivity (Wildman–Crippen MR) is 100 cm³/mol. The van der Waals surface area contributed by atoms with Gasteiger partial charge in [-0.05, 0) is 37.4 Å². The predicted octanol–water partition coefficient (Wildman–Crippen LogP) is 2.06. The molecule has 11 heteroatoms. The molecule has 1 aromatic heterocycles. The summed E-state index contributed by atoms with van der Waals surface area (Å²) in [7, 11) is -3.63. The van der Waals surface area contributed by atoms with Gasteiger partial charge in [-0.3, -0.25) is 14.4 Å². The van der Waals surface area contributed by atoms with Crippen LogP contribution in [0, 0.1) is 0 Å². The lowest BCUT2D eigenvalue weighted by atomic mass is 10.3. The van der Waals surface area contributed by atoms with Crippen LogP contribution in [0.25, 0.3) is 0 Å². The molecular formula is C14H18N4O4S3. The van der Waals surface area contributed by atoms with Gasteiger partial charge in [0.05, 0.1) is 18.6 Å². The Bertz CT molecular complexity index is 821. The van der Waals surface area contributed by atoms with Crippen LogP contribution in [0.4, 0.5) is 10.8 Å². The van der Waals surface area contributed by atoms with E-state index in [0.29, 0.717) is 27.5 Å². The minimum absolute atomic E-state index is 0.328. The lowest BCUT2D eigenvalue weighted by Crippen LogP contribution is -2.37. The van der Waals surface area contributed by atoms with Gasteiger partial charge in [0.1, 0.15) is 12.3 Å². The van der Waals surface area contributed by atoms with Crippen molar-refractivity contribution >= 4 is 49.8 Å². The fourth-order valence-corrected chi connectivity index (χ4v) is 3.95. The molecule has 25 heavy (non-hydrogen) atoms. The fourth-order valence-electron chi connectivity index (χ4n) is 1.91. The van der Waals surface area contributed by atoms with Crippen molar-refractivity contribution in [3.05, 3.63) is 24.3 Å². The van der Waals surface area contributed by atoms with E-state index in [1.165, 1.54) is 23.1 Å². The first-order chi connectivity index (χ1) is 11.8. The number of carbonyl (C=O) groups is 1. The maximum absolute atomic E-state index is 12.2. The summed E-state index contributed by atoms with van der Waals surface area (Å²) in [4.78, 5) is 12.2. The van der Waals surface area contributed by atoms with Crippen molar-refractivity contribution < 1.29 is 17.9 Å². The Morgan fingerprint density at radius 2 is 2.00 bits per heavy atom. The lowest BCUT2D eigenvalue weighted by molar-refractivity contribution is -0.114. The molecule has 1 N–H and O–H groups in total.